The molecule has 0 aromatic carbocycles. The molecule has 0 bridgehead atoms. The Morgan fingerprint density at radius 3 is 2.38 bits per heavy atom. The lowest BCUT2D eigenvalue weighted by Gasteiger charge is -2.43. The van der Waals surface area contributed by atoms with Gasteiger partial charge in [0.2, 0.25) is 0 Å². The first kappa shape index (κ1) is 9.45. The maximum absolute atomic E-state index is 14.4. The van der Waals surface area contributed by atoms with Gasteiger partial charge in [-0.1, -0.05) is 12.8 Å². The summed E-state index contributed by atoms with van der Waals surface area (Å²) in [5, 5.41) is 3.33. The normalized spacial score (nSPS) is 35.1. The molecule has 1 heterocycles. The standard InChI is InChI=1S/C11H20FN/c1-11(12,9-5-4-6-9)10-7-2-3-8-13-10/h9-10,13H,2-8H2,1H3. The summed E-state index contributed by atoms with van der Waals surface area (Å²) in [6.07, 6.45) is 6.89. The molecule has 2 unspecified atom stereocenters. The van der Waals surface area contributed by atoms with E-state index in [0.29, 0.717) is 5.92 Å². The summed E-state index contributed by atoms with van der Waals surface area (Å²) < 4.78 is 14.4. The van der Waals surface area contributed by atoms with E-state index in [9.17, 15) is 4.39 Å². The fourth-order valence-corrected chi connectivity index (χ4v) is 2.59. The predicted molar refractivity (Wildman–Crippen MR) is 52.5 cm³/mol. The molecule has 0 aromatic rings. The van der Waals surface area contributed by atoms with Gasteiger partial charge in [0.1, 0.15) is 5.67 Å². The van der Waals surface area contributed by atoms with Crippen LogP contribution in [0.3, 0.4) is 0 Å². The zero-order valence-corrected chi connectivity index (χ0v) is 8.48. The third kappa shape index (κ3) is 1.74. The fourth-order valence-electron chi connectivity index (χ4n) is 2.59. The number of hydrogen-bond acceptors (Lipinski definition) is 1. The van der Waals surface area contributed by atoms with E-state index < -0.39 is 5.67 Å². The van der Waals surface area contributed by atoms with Crippen LogP contribution in [0.4, 0.5) is 4.39 Å². The molecule has 0 amide bonds. The van der Waals surface area contributed by atoms with Gasteiger partial charge in [-0.2, -0.15) is 0 Å². The molecular weight excluding hydrogens is 165 g/mol. The first-order chi connectivity index (χ1) is 6.21. The Kier molecular flexibility index (Phi) is 2.59. The van der Waals surface area contributed by atoms with Crippen LogP contribution in [0.15, 0.2) is 0 Å². The van der Waals surface area contributed by atoms with Crippen LogP contribution < -0.4 is 5.32 Å². The molecule has 13 heavy (non-hydrogen) atoms. The highest BCUT2D eigenvalue weighted by Crippen LogP contribution is 2.42. The second-order valence-electron chi connectivity index (χ2n) is 4.78. The minimum Gasteiger partial charge on any atom is -0.311 e. The molecule has 1 aliphatic carbocycles. The highest BCUT2D eigenvalue weighted by molar-refractivity contribution is 4.98. The van der Waals surface area contributed by atoms with E-state index in [1.807, 2.05) is 0 Å². The topological polar surface area (TPSA) is 12.0 Å². The van der Waals surface area contributed by atoms with Gasteiger partial charge < -0.3 is 5.32 Å². The van der Waals surface area contributed by atoms with E-state index in [0.717, 1.165) is 25.8 Å². The monoisotopic (exact) mass is 185 g/mol. The van der Waals surface area contributed by atoms with Crippen molar-refractivity contribution in [1.82, 2.24) is 5.32 Å². The molecule has 0 radical (unpaired) electrons. The van der Waals surface area contributed by atoms with Crippen LogP contribution in [0.1, 0.15) is 45.4 Å². The Balaban J connectivity index is 1.94. The molecule has 2 atom stereocenters. The van der Waals surface area contributed by atoms with Crippen LogP contribution in [0.5, 0.6) is 0 Å². The predicted octanol–water partition coefficient (Wildman–Crippen LogP) is 2.66. The molecule has 0 spiro atoms. The highest BCUT2D eigenvalue weighted by atomic mass is 19.1. The second kappa shape index (κ2) is 3.56. The second-order valence-corrected chi connectivity index (χ2v) is 4.78. The molecule has 0 aromatic heterocycles. The lowest BCUT2D eigenvalue weighted by atomic mass is 9.70. The summed E-state index contributed by atoms with van der Waals surface area (Å²) >= 11 is 0. The van der Waals surface area contributed by atoms with Gasteiger partial charge in [-0.25, -0.2) is 4.39 Å². The van der Waals surface area contributed by atoms with Crippen molar-refractivity contribution in [3.05, 3.63) is 0 Å². The Hall–Kier alpha value is -0.110. The van der Waals surface area contributed by atoms with Gasteiger partial charge in [-0.3, -0.25) is 0 Å². The molecule has 2 rings (SSSR count). The molecule has 1 aliphatic heterocycles. The molecular formula is C11H20FN. The maximum atomic E-state index is 14.4. The van der Waals surface area contributed by atoms with Crippen LogP contribution in [-0.4, -0.2) is 18.3 Å². The molecule has 1 nitrogen and oxygen atoms in total. The van der Waals surface area contributed by atoms with Crippen molar-refractivity contribution in [3.8, 4) is 0 Å². The zero-order valence-electron chi connectivity index (χ0n) is 8.48. The number of rotatable bonds is 2. The first-order valence-electron chi connectivity index (χ1n) is 5.63. The molecule has 2 heteroatoms. The van der Waals surface area contributed by atoms with Crippen molar-refractivity contribution in [2.24, 2.45) is 5.92 Å². The van der Waals surface area contributed by atoms with E-state index in [4.69, 9.17) is 0 Å². The third-order valence-corrected chi connectivity index (χ3v) is 3.90. The number of halogens is 1. The molecule has 1 saturated carbocycles. The van der Waals surface area contributed by atoms with Crippen LogP contribution in [0.25, 0.3) is 0 Å². The number of alkyl halides is 1. The minimum absolute atomic E-state index is 0.131. The molecule has 76 valence electrons. The smallest absolute Gasteiger partial charge is 0.126 e. The van der Waals surface area contributed by atoms with Gasteiger partial charge in [0.05, 0.1) is 0 Å². The van der Waals surface area contributed by atoms with Crippen molar-refractivity contribution in [1.29, 1.82) is 0 Å². The summed E-state index contributed by atoms with van der Waals surface area (Å²) in [5.74, 6) is 0.336. The summed E-state index contributed by atoms with van der Waals surface area (Å²) in [5.41, 5.74) is -0.946. The Morgan fingerprint density at radius 2 is 1.92 bits per heavy atom. The molecule has 1 N–H and O–H groups in total. The van der Waals surface area contributed by atoms with Crippen molar-refractivity contribution < 1.29 is 4.39 Å². The summed E-state index contributed by atoms with van der Waals surface area (Å²) in [4.78, 5) is 0. The number of hydrogen-bond donors (Lipinski definition) is 1. The van der Waals surface area contributed by atoms with Gasteiger partial charge in [0.15, 0.2) is 0 Å². The average Bonchev–Trinajstić information content (AvgIpc) is 2.02. The largest absolute Gasteiger partial charge is 0.311 e. The van der Waals surface area contributed by atoms with Gasteiger partial charge >= 0.3 is 0 Å². The van der Waals surface area contributed by atoms with Gasteiger partial charge in [-0.15, -0.1) is 0 Å². The quantitative estimate of drug-likeness (QED) is 0.697. The highest BCUT2D eigenvalue weighted by Gasteiger charge is 2.44. The summed E-state index contributed by atoms with van der Waals surface area (Å²) in [6.45, 7) is 2.82. The van der Waals surface area contributed by atoms with Crippen LogP contribution >= 0.6 is 0 Å². The third-order valence-electron chi connectivity index (χ3n) is 3.90. The van der Waals surface area contributed by atoms with Crippen LogP contribution in [0, 0.1) is 5.92 Å². The average molecular weight is 185 g/mol. The lowest BCUT2D eigenvalue weighted by Crippen LogP contribution is -2.53. The summed E-state index contributed by atoms with van der Waals surface area (Å²) in [7, 11) is 0. The Bertz CT molecular complexity index is 169. The maximum Gasteiger partial charge on any atom is 0.126 e. The molecule has 2 fully saturated rings. The van der Waals surface area contributed by atoms with E-state index >= 15 is 0 Å². The Labute approximate surface area is 80.1 Å². The van der Waals surface area contributed by atoms with Gasteiger partial charge in [-0.05, 0) is 45.1 Å². The van der Waals surface area contributed by atoms with Crippen molar-refractivity contribution >= 4 is 0 Å². The van der Waals surface area contributed by atoms with E-state index in [-0.39, 0.29) is 6.04 Å². The Morgan fingerprint density at radius 1 is 1.15 bits per heavy atom. The van der Waals surface area contributed by atoms with Gasteiger partial charge in [0, 0.05) is 6.04 Å². The molecule has 1 saturated heterocycles. The molecule has 2 aliphatic rings. The lowest BCUT2D eigenvalue weighted by molar-refractivity contribution is 0.00461. The van der Waals surface area contributed by atoms with Crippen LogP contribution in [0.2, 0.25) is 0 Å². The van der Waals surface area contributed by atoms with Crippen LogP contribution in [-0.2, 0) is 0 Å². The van der Waals surface area contributed by atoms with Crippen molar-refractivity contribution in [2.45, 2.75) is 57.2 Å². The SMILES string of the molecule is CC(F)(C1CCC1)C1CCCCN1. The van der Waals surface area contributed by atoms with Crippen molar-refractivity contribution in [3.63, 3.8) is 0 Å². The van der Waals surface area contributed by atoms with E-state index in [1.54, 1.807) is 6.92 Å². The number of piperidine rings is 1. The minimum atomic E-state index is -0.946. The zero-order chi connectivity index (χ0) is 9.31. The fraction of sp³-hybridized carbons (Fsp3) is 1.00. The first-order valence-corrected chi connectivity index (χ1v) is 5.63. The van der Waals surface area contributed by atoms with E-state index in [1.165, 1.54) is 19.3 Å². The summed E-state index contributed by atoms with van der Waals surface area (Å²) in [6, 6.07) is 0.131. The van der Waals surface area contributed by atoms with E-state index in [2.05, 4.69) is 5.32 Å². The number of nitrogens with one attached hydrogen (secondary N) is 1. The van der Waals surface area contributed by atoms with Gasteiger partial charge in [0.25, 0.3) is 0 Å². The van der Waals surface area contributed by atoms with Crippen molar-refractivity contribution in [2.75, 3.05) is 6.54 Å².